The van der Waals surface area contributed by atoms with Gasteiger partial charge in [0.15, 0.2) is 0 Å². The number of nitrogens with two attached hydrogens (primary N) is 1. The van der Waals surface area contributed by atoms with Crippen LogP contribution in [0.3, 0.4) is 0 Å². The predicted octanol–water partition coefficient (Wildman–Crippen LogP) is 4.12. The first-order valence-electron chi connectivity index (χ1n) is 7.14. The minimum absolute atomic E-state index is 0.0965. The number of rotatable bonds is 2. The standard InChI is InChI=1S/C17H11BrN4OS/c18-10-4-1-3-9(7-10)13-11(8-19)16(20)23-17-14(13)15(21-22-17)12-5-2-6-24-12/h1-7,13H,20H2,(H,21,22). The Morgan fingerprint density at radius 1 is 1.33 bits per heavy atom. The molecule has 1 aliphatic rings. The molecule has 0 bridgehead atoms. The van der Waals surface area contributed by atoms with Crippen LogP contribution < -0.4 is 10.5 Å². The molecule has 0 fully saturated rings. The van der Waals surface area contributed by atoms with Gasteiger partial charge in [-0.2, -0.15) is 5.26 Å². The number of nitriles is 1. The van der Waals surface area contributed by atoms with Gasteiger partial charge < -0.3 is 10.5 Å². The van der Waals surface area contributed by atoms with Crippen molar-refractivity contribution in [2.24, 2.45) is 5.73 Å². The van der Waals surface area contributed by atoms with Crippen LogP contribution in [-0.4, -0.2) is 10.2 Å². The van der Waals surface area contributed by atoms with Crippen LogP contribution in [0.1, 0.15) is 17.0 Å². The third kappa shape index (κ3) is 2.31. The van der Waals surface area contributed by atoms with E-state index in [-0.39, 0.29) is 11.8 Å². The van der Waals surface area contributed by atoms with Crippen molar-refractivity contribution in [3.05, 3.63) is 68.8 Å². The summed E-state index contributed by atoms with van der Waals surface area (Å²) in [6.07, 6.45) is 0. The number of nitrogens with one attached hydrogen (secondary N) is 1. The van der Waals surface area contributed by atoms with Crippen molar-refractivity contribution in [1.82, 2.24) is 10.2 Å². The third-order valence-corrected chi connectivity index (χ3v) is 5.27. The number of allylic oxidation sites excluding steroid dienone is 1. The van der Waals surface area contributed by atoms with Crippen molar-refractivity contribution in [2.75, 3.05) is 0 Å². The van der Waals surface area contributed by atoms with E-state index in [1.54, 1.807) is 11.3 Å². The van der Waals surface area contributed by atoms with Crippen LogP contribution in [0.2, 0.25) is 0 Å². The summed E-state index contributed by atoms with van der Waals surface area (Å²) >= 11 is 5.09. The van der Waals surface area contributed by atoms with Crippen molar-refractivity contribution in [3.63, 3.8) is 0 Å². The van der Waals surface area contributed by atoms with Gasteiger partial charge in [-0.3, -0.25) is 5.10 Å². The Morgan fingerprint density at radius 3 is 2.92 bits per heavy atom. The molecule has 3 heterocycles. The number of hydrogen-bond acceptors (Lipinski definition) is 5. The zero-order valence-corrected chi connectivity index (χ0v) is 14.7. The number of nitrogens with zero attached hydrogens (tertiary/aromatic N) is 2. The lowest BCUT2D eigenvalue weighted by atomic mass is 9.84. The lowest BCUT2D eigenvalue weighted by Gasteiger charge is -2.24. The number of halogens is 1. The molecule has 24 heavy (non-hydrogen) atoms. The summed E-state index contributed by atoms with van der Waals surface area (Å²) in [6, 6.07) is 14.0. The van der Waals surface area contributed by atoms with Gasteiger partial charge in [-0.15, -0.1) is 16.4 Å². The zero-order valence-electron chi connectivity index (χ0n) is 12.3. The molecular weight excluding hydrogens is 388 g/mol. The normalized spacial score (nSPS) is 16.4. The highest BCUT2D eigenvalue weighted by molar-refractivity contribution is 9.10. The van der Waals surface area contributed by atoms with Crippen LogP contribution in [-0.2, 0) is 0 Å². The van der Waals surface area contributed by atoms with Gasteiger partial charge in [0.2, 0.25) is 11.8 Å². The first-order chi connectivity index (χ1) is 11.7. The molecule has 0 spiro atoms. The SMILES string of the molecule is N#CC1=C(N)Oc2n[nH]c(-c3cccs3)c2C1c1cccc(Br)c1. The molecule has 1 unspecified atom stereocenters. The Hall–Kier alpha value is -2.56. The predicted molar refractivity (Wildman–Crippen MR) is 95.3 cm³/mol. The maximum absolute atomic E-state index is 9.64. The van der Waals surface area contributed by atoms with Gasteiger partial charge in [-0.1, -0.05) is 34.1 Å². The lowest BCUT2D eigenvalue weighted by Crippen LogP contribution is -2.20. The topological polar surface area (TPSA) is 87.7 Å². The molecule has 3 aromatic rings. The highest BCUT2D eigenvalue weighted by atomic mass is 79.9. The molecule has 0 saturated heterocycles. The Bertz CT molecular complexity index is 984. The summed E-state index contributed by atoms with van der Waals surface area (Å²) in [5.41, 5.74) is 9.00. The Balaban J connectivity index is 1.97. The number of benzene rings is 1. The molecule has 5 nitrogen and oxygen atoms in total. The molecule has 0 aliphatic carbocycles. The van der Waals surface area contributed by atoms with Gasteiger partial charge in [-0.25, -0.2) is 0 Å². The van der Waals surface area contributed by atoms with E-state index in [4.69, 9.17) is 10.5 Å². The van der Waals surface area contributed by atoms with E-state index in [9.17, 15) is 5.26 Å². The quantitative estimate of drug-likeness (QED) is 0.679. The van der Waals surface area contributed by atoms with Crippen LogP contribution in [0.15, 0.2) is 57.7 Å². The maximum Gasteiger partial charge on any atom is 0.244 e. The van der Waals surface area contributed by atoms with Gasteiger partial charge in [0.05, 0.1) is 22.1 Å². The first kappa shape index (κ1) is 15.0. The van der Waals surface area contributed by atoms with E-state index in [1.165, 1.54) is 0 Å². The van der Waals surface area contributed by atoms with Crippen LogP contribution in [0.4, 0.5) is 0 Å². The van der Waals surface area contributed by atoms with Crippen LogP contribution in [0, 0.1) is 11.3 Å². The molecular formula is C17H11BrN4OS. The Labute approximate surface area is 150 Å². The van der Waals surface area contributed by atoms with Gasteiger partial charge in [-0.05, 0) is 29.1 Å². The van der Waals surface area contributed by atoms with E-state index >= 15 is 0 Å². The molecule has 3 N–H and O–H groups in total. The van der Waals surface area contributed by atoms with E-state index in [2.05, 4.69) is 32.2 Å². The number of ether oxygens (including phenoxy) is 1. The minimum Gasteiger partial charge on any atom is -0.420 e. The monoisotopic (exact) mass is 398 g/mol. The van der Waals surface area contributed by atoms with Crippen molar-refractivity contribution in [2.45, 2.75) is 5.92 Å². The zero-order chi connectivity index (χ0) is 16.7. The van der Waals surface area contributed by atoms with Crippen LogP contribution in [0.5, 0.6) is 5.88 Å². The average Bonchev–Trinajstić information content (AvgIpc) is 3.22. The van der Waals surface area contributed by atoms with Crippen molar-refractivity contribution in [3.8, 4) is 22.5 Å². The molecule has 0 radical (unpaired) electrons. The Kier molecular flexibility index (Phi) is 3.63. The van der Waals surface area contributed by atoms with Crippen molar-refractivity contribution < 1.29 is 4.74 Å². The number of thiophene rings is 1. The molecule has 2 aromatic heterocycles. The number of aromatic nitrogens is 2. The maximum atomic E-state index is 9.64. The largest absolute Gasteiger partial charge is 0.420 e. The summed E-state index contributed by atoms with van der Waals surface area (Å²) in [7, 11) is 0. The molecule has 118 valence electrons. The summed E-state index contributed by atoms with van der Waals surface area (Å²) in [6.45, 7) is 0. The van der Waals surface area contributed by atoms with E-state index in [0.29, 0.717) is 11.5 Å². The van der Waals surface area contributed by atoms with Gasteiger partial charge >= 0.3 is 0 Å². The van der Waals surface area contributed by atoms with Gasteiger partial charge in [0.1, 0.15) is 11.6 Å². The lowest BCUT2D eigenvalue weighted by molar-refractivity contribution is 0.379. The fourth-order valence-electron chi connectivity index (χ4n) is 2.87. The van der Waals surface area contributed by atoms with Gasteiger partial charge in [0.25, 0.3) is 0 Å². The smallest absolute Gasteiger partial charge is 0.244 e. The molecule has 1 atom stereocenters. The van der Waals surface area contributed by atoms with E-state index in [1.807, 2.05) is 41.8 Å². The number of aromatic amines is 1. The fraction of sp³-hybridized carbons (Fsp3) is 0.0588. The van der Waals surface area contributed by atoms with E-state index < -0.39 is 0 Å². The van der Waals surface area contributed by atoms with Crippen LogP contribution in [0.25, 0.3) is 10.6 Å². The summed E-state index contributed by atoms with van der Waals surface area (Å²) in [5.74, 6) is 0.186. The number of fused-ring (bicyclic) bond motifs is 1. The fourth-order valence-corrected chi connectivity index (χ4v) is 4.02. The van der Waals surface area contributed by atoms with Crippen LogP contribution >= 0.6 is 27.3 Å². The molecule has 1 aromatic carbocycles. The molecule has 1 aliphatic heterocycles. The molecule has 0 amide bonds. The second kappa shape index (κ2) is 5.82. The summed E-state index contributed by atoms with van der Waals surface area (Å²) in [5, 5.41) is 18.9. The second-order valence-corrected chi connectivity index (χ2v) is 7.14. The average molecular weight is 399 g/mol. The summed E-state index contributed by atoms with van der Waals surface area (Å²) < 4.78 is 6.52. The van der Waals surface area contributed by atoms with Crippen molar-refractivity contribution >= 4 is 27.3 Å². The first-order valence-corrected chi connectivity index (χ1v) is 8.81. The molecule has 4 rings (SSSR count). The van der Waals surface area contributed by atoms with Gasteiger partial charge in [0, 0.05) is 4.47 Å². The Morgan fingerprint density at radius 2 is 2.21 bits per heavy atom. The molecule has 7 heteroatoms. The third-order valence-electron chi connectivity index (χ3n) is 3.89. The highest BCUT2D eigenvalue weighted by Crippen LogP contribution is 2.46. The number of H-pyrrole nitrogens is 1. The van der Waals surface area contributed by atoms with Crippen molar-refractivity contribution in [1.29, 1.82) is 5.26 Å². The molecule has 0 saturated carbocycles. The summed E-state index contributed by atoms with van der Waals surface area (Å²) in [4.78, 5) is 1.03. The second-order valence-electron chi connectivity index (χ2n) is 5.27. The number of hydrogen-bond donors (Lipinski definition) is 2. The highest BCUT2D eigenvalue weighted by Gasteiger charge is 2.35. The minimum atomic E-state index is -0.327. The van der Waals surface area contributed by atoms with E-state index in [0.717, 1.165) is 26.2 Å².